The van der Waals surface area contributed by atoms with Crippen molar-refractivity contribution in [3.63, 3.8) is 0 Å². The highest BCUT2D eigenvalue weighted by atomic mass is 16.5. The average molecular weight is 217 g/mol. The van der Waals surface area contributed by atoms with E-state index in [2.05, 4.69) is 33.0 Å². The summed E-state index contributed by atoms with van der Waals surface area (Å²) in [6.45, 7) is 13.1. The van der Waals surface area contributed by atoms with Crippen LogP contribution in [0.5, 0.6) is 0 Å². The summed E-state index contributed by atoms with van der Waals surface area (Å²) in [6.07, 6.45) is 0.183. The molecule has 1 N–H and O–H groups in total. The van der Waals surface area contributed by atoms with Crippen LogP contribution < -0.4 is 5.32 Å². The number of methoxy groups -OCH3 is 1. The summed E-state index contributed by atoms with van der Waals surface area (Å²) in [4.78, 5) is 0. The normalized spacial score (nSPS) is 16.4. The fourth-order valence-corrected chi connectivity index (χ4v) is 1.84. The molecule has 0 amide bonds. The van der Waals surface area contributed by atoms with E-state index in [4.69, 9.17) is 9.47 Å². The Kier molecular flexibility index (Phi) is 7.14. The van der Waals surface area contributed by atoms with Gasteiger partial charge >= 0.3 is 0 Å². The maximum Gasteiger partial charge on any atom is 0.0798 e. The van der Waals surface area contributed by atoms with Crippen LogP contribution in [0.1, 0.15) is 34.6 Å². The Morgan fingerprint density at radius 1 is 1.20 bits per heavy atom. The van der Waals surface area contributed by atoms with Gasteiger partial charge in [-0.2, -0.15) is 0 Å². The molecule has 0 aromatic carbocycles. The molecule has 92 valence electrons. The molecule has 3 nitrogen and oxygen atoms in total. The molecule has 15 heavy (non-hydrogen) atoms. The second-order valence-electron chi connectivity index (χ2n) is 4.86. The monoisotopic (exact) mass is 217 g/mol. The molecule has 0 spiro atoms. The maximum absolute atomic E-state index is 5.83. The summed E-state index contributed by atoms with van der Waals surface area (Å²) in [5.41, 5.74) is 0.126. The number of nitrogens with one attached hydrogen (secondary N) is 1. The minimum Gasteiger partial charge on any atom is -0.383 e. The van der Waals surface area contributed by atoms with Gasteiger partial charge in [0.25, 0.3) is 0 Å². The minimum absolute atomic E-state index is 0.126. The van der Waals surface area contributed by atoms with Gasteiger partial charge in [0.05, 0.1) is 18.8 Å². The third kappa shape index (κ3) is 5.50. The highest BCUT2D eigenvalue weighted by molar-refractivity contribution is 4.86. The first-order chi connectivity index (χ1) is 6.97. The predicted octanol–water partition coefficient (Wildman–Crippen LogP) is 2.06. The van der Waals surface area contributed by atoms with Crippen molar-refractivity contribution in [2.45, 2.75) is 46.8 Å². The van der Waals surface area contributed by atoms with Gasteiger partial charge in [0.1, 0.15) is 0 Å². The topological polar surface area (TPSA) is 30.5 Å². The van der Waals surface area contributed by atoms with Crippen molar-refractivity contribution >= 4 is 0 Å². The largest absolute Gasteiger partial charge is 0.383 e. The Bertz CT molecular complexity index is 148. The van der Waals surface area contributed by atoms with Crippen LogP contribution >= 0.6 is 0 Å². The number of ether oxygens (including phenoxy) is 2. The first-order valence-corrected chi connectivity index (χ1v) is 5.81. The van der Waals surface area contributed by atoms with Gasteiger partial charge in [0.15, 0.2) is 0 Å². The van der Waals surface area contributed by atoms with E-state index in [0.29, 0.717) is 6.61 Å². The van der Waals surface area contributed by atoms with E-state index in [-0.39, 0.29) is 17.6 Å². The van der Waals surface area contributed by atoms with Crippen LogP contribution in [0.3, 0.4) is 0 Å². The average Bonchev–Trinajstić information content (AvgIpc) is 2.12. The molecular weight excluding hydrogens is 190 g/mol. The summed E-state index contributed by atoms with van der Waals surface area (Å²) < 4.78 is 11.1. The summed E-state index contributed by atoms with van der Waals surface area (Å²) in [5.74, 6) is 0. The second kappa shape index (κ2) is 7.20. The fourth-order valence-electron chi connectivity index (χ4n) is 1.84. The molecule has 0 aliphatic rings. The summed E-state index contributed by atoms with van der Waals surface area (Å²) in [6, 6.07) is 0.264. The first kappa shape index (κ1) is 14.9. The van der Waals surface area contributed by atoms with E-state index in [9.17, 15) is 0 Å². The van der Waals surface area contributed by atoms with Crippen LogP contribution in [0, 0.1) is 5.41 Å². The van der Waals surface area contributed by atoms with Crippen LogP contribution in [-0.4, -0.2) is 39.0 Å². The van der Waals surface area contributed by atoms with Crippen LogP contribution in [0.4, 0.5) is 0 Å². The smallest absolute Gasteiger partial charge is 0.0798 e. The zero-order valence-corrected chi connectivity index (χ0v) is 11.1. The molecular formula is C12H27NO2. The standard InChI is InChI=1S/C12H27NO2/c1-7-13-10(9-14-6)11(15-8-2)12(3,4)5/h10-11,13H,7-9H2,1-6H3. The molecule has 2 unspecified atom stereocenters. The van der Waals surface area contributed by atoms with Gasteiger partial charge in [0.2, 0.25) is 0 Å². The molecule has 0 aliphatic heterocycles. The third-order valence-electron chi connectivity index (χ3n) is 2.38. The van der Waals surface area contributed by atoms with E-state index < -0.39 is 0 Å². The molecule has 3 heteroatoms. The Hall–Kier alpha value is -0.120. The van der Waals surface area contributed by atoms with Crippen molar-refractivity contribution in [1.29, 1.82) is 0 Å². The number of rotatable bonds is 7. The molecule has 0 saturated carbocycles. The summed E-state index contributed by atoms with van der Waals surface area (Å²) >= 11 is 0. The van der Waals surface area contributed by atoms with Crippen molar-refractivity contribution in [3.8, 4) is 0 Å². The van der Waals surface area contributed by atoms with Crippen LogP contribution in [0.15, 0.2) is 0 Å². The minimum atomic E-state index is 0.126. The lowest BCUT2D eigenvalue weighted by Crippen LogP contribution is -2.50. The Balaban J connectivity index is 4.51. The highest BCUT2D eigenvalue weighted by Crippen LogP contribution is 2.25. The molecule has 0 heterocycles. The van der Waals surface area contributed by atoms with Crippen LogP contribution in [-0.2, 0) is 9.47 Å². The SMILES string of the molecule is CCNC(COC)C(OCC)C(C)(C)C. The van der Waals surface area contributed by atoms with Crippen molar-refractivity contribution in [2.24, 2.45) is 5.41 Å². The number of likely N-dealkylation sites (N-methyl/N-ethyl adjacent to an activating group) is 1. The lowest BCUT2D eigenvalue weighted by molar-refractivity contribution is -0.0507. The van der Waals surface area contributed by atoms with Crippen LogP contribution in [0.25, 0.3) is 0 Å². The molecule has 0 fully saturated rings. The van der Waals surface area contributed by atoms with Gasteiger partial charge in [0, 0.05) is 13.7 Å². The molecule has 0 rings (SSSR count). The van der Waals surface area contributed by atoms with Gasteiger partial charge in [-0.15, -0.1) is 0 Å². The van der Waals surface area contributed by atoms with Gasteiger partial charge in [-0.05, 0) is 18.9 Å². The quantitative estimate of drug-likeness (QED) is 0.708. The Morgan fingerprint density at radius 3 is 2.13 bits per heavy atom. The molecule has 0 aliphatic carbocycles. The van der Waals surface area contributed by atoms with E-state index in [1.807, 2.05) is 6.92 Å². The first-order valence-electron chi connectivity index (χ1n) is 5.81. The van der Waals surface area contributed by atoms with Crippen molar-refractivity contribution in [3.05, 3.63) is 0 Å². The van der Waals surface area contributed by atoms with E-state index in [1.165, 1.54) is 0 Å². The molecule has 0 bridgehead atoms. The molecule has 2 atom stereocenters. The zero-order chi connectivity index (χ0) is 11.9. The Labute approximate surface area is 94.5 Å². The number of hydrogen-bond donors (Lipinski definition) is 1. The fraction of sp³-hybridized carbons (Fsp3) is 1.00. The van der Waals surface area contributed by atoms with Gasteiger partial charge in [-0.25, -0.2) is 0 Å². The third-order valence-corrected chi connectivity index (χ3v) is 2.38. The maximum atomic E-state index is 5.83. The summed E-state index contributed by atoms with van der Waals surface area (Å²) in [5, 5.41) is 3.42. The van der Waals surface area contributed by atoms with Gasteiger partial charge in [-0.3, -0.25) is 0 Å². The number of hydrogen-bond acceptors (Lipinski definition) is 3. The van der Waals surface area contributed by atoms with Gasteiger partial charge < -0.3 is 14.8 Å². The van der Waals surface area contributed by atoms with Crippen LogP contribution in [0.2, 0.25) is 0 Å². The second-order valence-corrected chi connectivity index (χ2v) is 4.86. The van der Waals surface area contributed by atoms with E-state index >= 15 is 0 Å². The van der Waals surface area contributed by atoms with E-state index in [0.717, 1.165) is 13.2 Å². The molecule has 0 aromatic rings. The van der Waals surface area contributed by atoms with Crippen molar-refractivity contribution < 1.29 is 9.47 Å². The molecule has 0 radical (unpaired) electrons. The van der Waals surface area contributed by atoms with Gasteiger partial charge in [-0.1, -0.05) is 27.7 Å². The highest BCUT2D eigenvalue weighted by Gasteiger charge is 2.32. The van der Waals surface area contributed by atoms with E-state index in [1.54, 1.807) is 7.11 Å². The zero-order valence-electron chi connectivity index (χ0n) is 11.1. The summed E-state index contributed by atoms with van der Waals surface area (Å²) in [7, 11) is 1.73. The lowest BCUT2D eigenvalue weighted by atomic mass is 9.84. The lowest BCUT2D eigenvalue weighted by Gasteiger charge is -2.36. The molecule has 0 saturated heterocycles. The molecule has 0 aromatic heterocycles. The predicted molar refractivity (Wildman–Crippen MR) is 64.2 cm³/mol. The van der Waals surface area contributed by atoms with Crippen molar-refractivity contribution in [1.82, 2.24) is 5.32 Å². The Morgan fingerprint density at radius 2 is 1.80 bits per heavy atom. The van der Waals surface area contributed by atoms with Crippen molar-refractivity contribution in [2.75, 3.05) is 26.9 Å².